The number of rotatable bonds is 3. The van der Waals surface area contributed by atoms with Crippen LogP contribution in [0.25, 0.3) is 0 Å². The highest BCUT2D eigenvalue weighted by Gasteiger charge is 2.32. The monoisotopic (exact) mass is 182 g/mol. The van der Waals surface area contributed by atoms with Crippen LogP contribution in [0, 0.1) is 5.92 Å². The molecule has 0 aromatic carbocycles. The Morgan fingerprint density at radius 3 is 2.77 bits per heavy atom. The maximum absolute atomic E-state index is 3.66. The van der Waals surface area contributed by atoms with E-state index in [4.69, 9.17) is 0 Å². The molecule has 0 aromatic heterocycles. The van der Waals surface area contributed by atoms with E-state index in [1.807, 2.05) is 0 Å². The van der Waals surface area contributed by atoms with Crippen LogP contribution in [0.15, 0.2) is 0 Å². The summed E-state index contributed by atoms with van der Waals surface area (Å²) >= 11 is 0. The summed E-state index contributed by atoms with van der Waals surface area (Å²) in [6.07, 6.45) is 5.62. The highest BCUT2D eigenvalue weighted by Crippen LogP contribution is 2.29. The van der Waals surface area contributed by atoms with Gasteiger partial charge in [0.05, 0.1) is 0 Å². The Labute approximate surface area is 81.7 Å². The summed E-state index contributed by atoms with van der Waals surface area (Å²) in [5.74, 6) is 0.939. The maximum atomic E-state index is 3.66. The molecule has 2 fully saturated rings. The molecular formula is C11H22N2. The molecule has 2 aliphatic rings. The summed E-state index contributed by atoms with van der Waals surface area (Å²) in [6, 6.07) is 1.65. The van der Waals surface area contributed by atoms with Gasteiger partial charge in [-0.1, -0.05) is 13.3 Å². The molecule has 2 nitrogen and oxygen atoms in total. The predicted molar refractivity (Wildman–Crippen MR) is 55.8 cm³/mol. The van der Waals surface area contributed by atoms with Crippen molar-refractivity contribution in [2.75, 3.05) is 20.1 Å². The molecule has 2 heteroatoms. The second-order valence-corrected chi connectivity index (χ2v) is 4.86. The average Bonchev–Trinajstić information content (AvgIpc) is 2.81. The second kappa shape index (κ2) is 3.97. The Morgan fingerprint density at radius 1 is 1.38 bits per heavy atom. The molecule has 76 valence electrons. The smallest absolute Gasteiger partial charge is 0.0217 e. The van der Waals surface area contributed by atoms with Crippen LogP contribution in [0.2, 0.25) is 0 Å². The minimum absolute atomic E-state index is 0.807. The molecule has 0 amide bonds. The standard InChI is InChI=1S/C11H22N2/c1-9-7-11(9)12-8-10-5-3-4-6-13(10)2/h9-12H,3-8H2,1-2H3. The van der Waals surface area contributed by atoms with Crippen LogP contribution in [0.3, 0.4) is 0 Å². The summed E-state index contributed by atoms with van der Waals surface area (Å²) in [6.45, 7) is 4.85. The van der Waals surface area contributed by atoms with Crippen molar-refractivity contribution in [1.82, 2.24) is 10.2 Å². The number of hydrogen-bond acceptors (Lipinski definition) is 2. The number of likely N-dealkylation sites (tertiary alicyclic amines) is 1. The van der Waals surface area contributed by atoms with Gasteiger partial charge in [-0.25, -0.2) is 0 Å². The zero-order valence-corrected chi connectivity index (χ0v) is 8.92. The summed E-state index contributed by atoms with van der Waals surface area (Å²) in [5.41, 5.74) is 0. The van der Waals surface area contributed by atoms with Crippen molar-refractivity contribution in [1.29, 1.82) is 0 Å². The van der Waals surface area contributed by atoms with Crippen LogP contribution >= 0.6 is 0 Å². The molecule has 0 bridgehead atoms. The highest BCUT2D eigenvalue weighted by atomic mass is 15.2. The van der Waals surface area contributed by atoms with Crippen LogP contribution in [-0.2, 0) is 0 Å². The lowest BCUT2D eigenvalue weighted by Gasteiger charge is -2.32. The first kappa shape index (κ1) is 9.47. The lowest BCUT2D eigenvalue weighted by molar-refractivity contribution is 0.181. The third-order valence-electron chi connectivity index (χ3n) is 3.65. The first-order chi connectivity index (χ1) is 6.27. The Kier molecular flexibility index (Phi) is 2.89. The van der Waals surface area contributed by atoms with Crippen molar-refractivity contribution in [2.24, 2.45) is 5.92 Å². The number of nitrogens with one attached hydrogen (secondary N) is 1. The van der Waals surface area contributed by atoms with E-state index in [-0.39, 0.29) is 0 Å². The van der Waals surface area contributed by atoms with E-state index in [9.17, 15) is 0 Å². The van der Waals surface area contributed by atoms with Gasteiger partial charge in [0, 0.05) is 18.6 Å². The average molecular weight is 182 g/mol. The van der Waals surface area contributed by atoms with E-state index in [0.29, 0.717) is 0 Å². The van der Waals surface area contributed by atoms with E-state index in [1.165, 1.54) is 38.8 Å². The molecule has 1 saturated heterocycles. The Morgan fingerprint density at radius 2 is 2.15 bits per heavy atom. The van der Waals surface area contributed by atoms with Gasteiger partial charge in [0.25, 0.3) is 0 Å². The number of hydrogen-bond donors (Lipinski definition) is 1. The van der Waals surface area contributed by atoms with Gasteiger partial charge in [0.2, 0.25) is 0 Å². The molecule has 3 unspecified atom stereocenters. The zero-order valence-electron chi connectivity index (χ0n) is 8.92. The minimum atomic E-state index is 0.807. The predicted octanol–water partition coefficient (Wildman–Crippen LogP) is 1.47. The maximum Gasteiger partial charge on any atom is 0.0217 e. The molecule has 1 aliphatic heterocycles. The fraction of sp³-hybridized carbons (Fsp3) is 1.00. The van der Waals surface area contributed by atoms with Gasteiger partial charge in [0.15, 0.2) is 0 Å². The molecule has 2 rings (SSSR count). The van der Waals surface area contributed by atoms with Crippen LogP contribution in [0.5, 0.6) is 0 Å². The summed E-state index contributed by atoms with van der Waals surface area (Å²) in [5, 5.41) is 3.66. The lowest BCUT2D eigenvalue weighted by atomic mass is 10.0. The SMILES string of the molecule is CC1CC1NCC1CCCCN1C. The minimum Gasteiger partial charge on any atom is -0.312 e. The number of nitrogens with zero attached hydrogens (tertiary/aromatic N) is 1. The fourth-order valence-electron chi connectivity index (χ4n) is 2.30. The van der Waals surface area contributed by atoms with Crippen LogP contribution < -0.4 is 5.32 Å². The molecule has 0 aromatic rings. The topological polar surface area (TPSA) is 15.3 Å². The van der Waals surface area contributed by atoms with Crippen molar-refractivity contribution in [3.63, 3.8) is 0 Å². The van der Waals surface area contributed by atoms with Crippen molar-refractivity contribution in [3.8, 4) is 0 Å². The van der Waals surface area contributed by atoms with Gasteiger partial charge in [-0.3, -0.25) is 0 Å². The van der Waals surface area contributed by atoms with E-state index >= 15 is 0 Å². The van der Waals surface area contributed by atoms with Gasteiger partial charge < -0.3 is 10.2 Å². The highest BCUT2D eigenvalue weighted by molar-refractivity contribution is 4.91. The van der Waals surface area contributed by atoms with Gasteiger partial charge in [0.1, 0.15) is 0 Å². The van der Waals surface area contributed by atoms with Crippen LogP contribution in [0.4, 0.5) is 0 Å². The third-order valence-corrected chi connectivity index (χ3v) is 3.65. The van der Waals surface area contributed by atoms with Crippen LogP contribution in [-0.4, -0.2) is 37.1 Å². The first-order valence-corrected chi connectivity index (χ1v) is 5.71. The molecule has 13 heavy (non-hydrogen) atoms. The van der Waals surface area contributed by atoms with Crippen molar-refractivity contribution in [2.45, 2.75) is 44.7 Å². The molecule has 1 N–H and O–H groups in total. The largest absolute Gasteiger partial charge is 0.312 e. The van der Waals surface area contributed by atoms with E-state index in [2.05, 4.69) is 24.2 Å². The molecule has 1 aliphatic carbocycles. The number of likely N-dealkylation sites (N-methyl/N-ethyl adjacent to an activating group) is 1. The molecule has 1 heterocycles. The zero-order chi connectivity index (χ0) is 9.26. The molecule has 3 atom stereocenters. The van der Waals surface area contributed by atoms with Crippen molar-refractivity contribution >= 4 is 0 Å². The fourth-order valence-corrected chi connectivity index (χ4v) is 2.30. The molecule has 0 spiro atoms. The Bertz CT molecular complexity index is 169. The van der Waals surface area contributed by atoms with Gasteiger partial charge in [-0.2, -0.15) is 0 Å². The van der Waals surface area contributed by atoms with Crippen molar-refractivity contribution < 1.29 is 0 Å². The van der Waals surface area contributed by atoms with Gasteiger partial charge >= 0.3 is 0 Å². The molecule has 0 radical (unpaired) electrons. The summed E-state index contributed by atoms with van der Waals surface area (Å²) in [7, 11) is 2.27. The molecule has 1 saturated carbocycles. The molecular weight excluding hydrogens is 160 g/mol. The normalized spacial score (nSPS) is 40.6. The van der Waals surface area contributed by atoms with Gasteiger partial charge in [-0.15, -0.1) is 0 Å². The van der Waals surface area contributed by atoms with Crippen LogP contribution in [0.1, 0.15) is 32.6 Å². The summed E-state index contributed by atoms with van der Waals surface area (Å²) in [4.78, 5) is 2.52. The third kappa shape index (κ3) is 2.44. The summed E-state index contributed by atoms with van der Waals surface area (Å²) < 4.78 is 0. The van der Waals surface area contributed by atoms with Gasteiger partial charge in [-0.05, 0) is 38.8 Å². The van der Waals surface area contributed by atoms with E-state index in [0.717, 1.165) is 18.0 Å². The van der Waals surface area contributed by atoms with E-state index < -0.39 is 0 Å². The second-order valence-electron chi connectivity index (χ2n) is 4.86. The number of piperidine rings is 1. The first-order valence-electron chi connectivity index (χ1n) is 5.71. The Hall–Kier alpha value is -0.0800. The lowest BCUT2D eigenvalue weighted by Crippen LogP contribution is -2.43. The Balaban J connectivity index is 1.67. The quantitative estimate of drug-likeness (QED) is 0.711. The van der Waals surface area contributed by atoms with E-state index in [1.54, 1.807) is 0 Å². The van der Waals surface area contributed by atoms with Crippen molar-refractivity contribution in [3.05, 3.63) is 0 Å².